The summed E-state index contributed by atoms with van der Waals surface area (Å²) in [4.78, 5) is 0. The molecule has 0 radical (unpaired) electrons. The quantitative estimate of drug-likeness (QED) is 0.102. The van der Waals surface area contributed by atoms with Crippen molar-refractivity contribution in [3.63, 3.8) is 0 Å². The maximum Gasteiger partial charge on any atom is 0.200 e. The highest BCUT2D eigenvalue weighted by molar-refractivity contribution is 5.03. The molecule has 0 spiro atoms. The van der Waals surface area contributed by atoms with Crippen LogP contribution in [0.25, 0.3) is 0 Å². The van der Waals surface area contributed by atoms with Crippen molar-refractivity contribution in [2.24, 2.45) is 0 Å². The fourth-order valence-corrected chi connectivity index (χ4v) is 6.88. The molecule has 0 aromatic heterocycles. The lowest BCUT2D eigenvalue weighted by Gasteiger charge is -2.51. The first-order valence-corrected chi connectivity index (χ1v) is 15.1. The van der Waals surface area contributed by atoms with E-state index in [2.05, 4.69) is 0 Å². The SMILES string of the molecule is OCC[C@@]1(O[C@@H]2[C@H]3OC[C@@H]2O[C@@H](O[C@@H]2[C@@H](O)[C@H](O[C@@H]4[C@H]5OC[C@@H]4O[C@@H](O)[C@H]5O)O[C@H](CO)[C@H]2O)[C@H]3O)O[C@H](CO)[C@H](O)[C@H](O)[C@H]1O. The van der Waals surface area contributed by atoms with Gasteiger partial charge in [-0.05, 0) is 0 Å². The summed E-state index contributed by atoms with van der Waals surface area (Å²) in [5, 5.41) is 114. The molecule has 6 aliphatic rings. The van der Waals surface area contributed by atoms with Crippen molar-refractivity contribution in [1.29, 1.82) is 0 Å². The molecule has 6 rings (SSSR count). The van der Waals surface area contributed by atoms with Crippen molar-refractivity contribution >= 4 is 0 Å². The second-order valence-corrected chi connectivity index (χ2v) is 12.2. The van der Waals surface area contributed by atoms with Gasteiger partial charge in [0.25, 0.3) is 0 Å². The van der Waals surface area contributed by atoms with E-state index in [9.17, 15) is 56.2 Å². The third kappa shape index (κ3) is 6.00. The van der Waals surface area contributed by atoms with Gasteiger partial charge in [-0.15, -0.1) is 0 Å². The average Bonchev–Trinajstić information content (AvgIpc) is 3.52. The van der Waals surface area contributed by atoms with Gasteiger partial charge in [-0.3, -0.25) is 0 Å². The van der Waals surface area contributed by atoms with Crippen molar-refractivity contribution in [1.82, 2.24) is 0 Å². The number of fused-ring (bicyclic) bond motifs is 4. The van der Waals surface area contributed by atoms with E-state index in [1.807, 2.05) is 0 Å². The van der Waals surface area contributed by atoms with Crippen LogP contribution in [-0.4, -0.2) is 212 Å². The van der Waals surface area contributed by atoms with E-state index in [0.717, 1.165) is 0 Å². The Kier molecular flexibility index (Phi) is 10.5. The van der Waals surface area contributed by atoms with Gasteiger partial charge in [-0.1, -0.05) is 0 Å². The van der Waals surface area contributed by atoms with Gasteiger partial charge in [0.1, 0.15) is 97.7 Å². The minimum Gasteiger partial charge on any atom is -0.396 e. The molecule has 11 N–H and O–H groups in total. The van der Waals surface area contributed by atoms with Crippen molar-refractivity contribution in [3.05, 3.63) is 0 Å². The zero-order valence-corrected chi connectivity index (χ0v) is 24.3. The minimum absolute atomic E-state index is 0.0335. The van der Waals surface area contributed by atoms with Gasteiger partial charge in [0.2, 0.25) is 0 Å². The van der Waals surface area contributed by atoms with E-state index in [0.29, 0.717) is 0 Å². The largest absolute Gasteiger partial charge is 0.396 e. The first kappa shape index (κ1) is 35.0. The smallest absolute Gasteiger partial charge is 0.200 e. The summed E-state index contributed by atoms with van der Waals surface area (Å²) in [6, 6.07) is 0. The van der Waals surface area contributed by atoms with Crippen LogP contribution in [0.5, 0.6) is 0 Å². The fraction of sp³-hybridized carbons (Fsp3) is 1.00. The van der Waals surface area contributed by atoms with Crippen LogP contribution in [0.15, 0.2) is 0 Å². The predicted octanol–water partition coefficient (Wildman–Crippen LogP) is -7.90. The highest BCUT2D eigenvalue weighted by Gasteiger charge is 2.61. The Morgan fingerprint density at radius 2 is 1.20 bits per heavy atom. The van der Waals surface area contributed by atoms with Crippen LogP contribution in [0, 0.1) is 0 Å². The number of rotatable bonds is 10. The molecule has 0 aromatic carbocycles. The van der Waals surface area contributed by atoms with E-state index in [4.69, 9.17) is 42.6 Å². The van der Waals surface area contributed by atoms with Gasteiger partial charge in [0.15, 0.2) is 24.7 Å². The summed E-state index contributed by atoms with van der Waals surface area (Å²) >= 11 is 0. The molecule has 266 valence electrons. The third-order valence-corrected chi connectivity index (χ3v) is 9.39. The Morgan fingerprint density at radius 3 is 1.85 bits per heavy atom. The third-order valence-electron chi connectivity index (χ3n) is 9.39. The first-order valence-electron chi connectivity index (χ1n) is 15.1. The van der Waals surface area contributed by atoms with Crippen LogP contribution < -0.4 is 0 Å². The van der Waals surface area contributed by atoms with E-state index in [-0.39, 0.29) is 13.2 Å². The summed E-state index contributed by atoms with van der Waals surface area (Å²) < 4.78 is 51.2. The molecule has 20 heteroatoms. The minimum atomic E-state index is -2.16. The highest BCUT2D eigenvalue weighted by atomic mass is 16.8. The first-order chi connectivity index (χ1) is 21.9. The van der Waals surface area contributed by atoms with Gasteiger partial charge < -0.3 is 98.8 Å². The average molecular weight is 675 g/mol. The Morgan fingerprint density at radius 1 is 0.587 bits per heavy atom. The molecule has 0 aliphatic carbocycles. The van der Waals surface area contributed by atoms with Crippen molar-refractivity contribution in [3.8, 4) is 0 Å². The van der Waals surface area contributed by atoms with Crippen LogP contribution in [0.4, 0.5) is 0 Å². The number of hydrogen-bond acceptors (Lipinski definition) is 20. The second-order valence-electron chi connectivity index (χ2n) is 12.2. The molecule has 6 heterocycles. The van der Waals surface area contributed by atoms with Crippen LogP contribution >= 0.6 is 0 Å². The van der Waals surface area contributed by atoms with Gasteiger partial charge in [0.05, 0.1) is 26.4 Å². The molecule has 0 saturated carbocycles. The van der Waals surface area contributed by atoms with E-state index in [1.54, 1.807) is 0 Å². The molecule has 6 fully saturated rings. The van der Waals surface area contributed by atoms with Gasteiger partial charge in [-0.2, -0.15) is 0 Å². The lowest BCUT2D eigenvalue weighted by Crippen LogP contribution is -2.69. The second kappa shape index (κ2) is 13.8. The monoisotopic (exact) mass is 674 g/mol. The van der Waals surface area contributed by atoms with Crippen LogP contribution in [0.3, 0.4) is 0 Å². The highest BCUT2D eigenvalue weighted by Crippen LogP contribution is 2.42. The van der Waals surface area contributed by atoms with Gasteiger partial charge in [-0.25, -0.2) is 0 Å². The molecule has 20 atom stereocenters. The molecule has 0 amide bonds. The molecule has 4 bridgehead atoms. The standard InChI is InChI=1S/C26H42O20/c27-2-1-26(22(36)13(32)11(30)8(4-29)45-26)46-18-10-6-39-21(18)16(35)25(42-10)44-19-12(31)7(3-28)41-24(15(19)34)43-17-9-5-38-20(17)14(33)23(37)40-9/h7-25,27-37H,1-6H2/t7-,8-,9+,10+,11+,12-,13+,14+,15-,16+,17+,18+,19+,20+,21+,22-,23-,24+,25+,26+/m1/s1. The van der Waals surface area contributed by atoms with Gasteiger partial charge >= 0.3 is 0 Å². The number of aliphatic hydroxyl groups excluding tert-OH is 11. The van der Waals surface area contributed by atoms with Gasteiger partial charge in [0, 0.05) is 13.0 Å². The normalized spacial score (nSPS) is 55.5. The zero-order valence-electron chi connectivity index (χ0n) is 24.3. The summed E-state index contributed by atoms with van der Waals surface area (Å²) in [6.45, 7) is -2.30. The molecule has 6 saturated heterocycles. The predicted molar refractivity (Wildman–Crippen MR) is 138 cm³/mol. The number of ether oxygens (including phenoxy) is 9. The topological polar surface area (TPSA) is 306 Å². The summed E-state index contributed by atoms with van der Waals surface area (Å²) in [5.74, 6) is -2.16. The molecular weight excluding hydrogens is 632 g/mol. The van der Waals surface area contributed by atoms with Crippen LogP contribution in [-0.2, 0) is 42.6 Å². The Bertz CT molecular complexity index is 1020. The Labute approximate surface area is 261 Å². The molecule has 46 heavy (non-hydrogen) atoms. The number of hydrogen-bond donors (Lipinski definition) is 11. The van der Waals surface area contributed by atoms with Crippen molar-refractivity contribution < 1.29 is 98.8 Å². The Balaban J connectivity index is 1.15. The molecule has 0 unspecified atom stereocenters. The molecule has 6 aliphatic heterocycles. The molecule has 0 aromatic rings. The summed E-state index contributed by atoms with van der Waals surface area (Å²) in [7, 11) is 0. The van der Waals surface area contributed by atoms with Crippen LogP contribution in [0.1, 0.15) is 6.42 Å². The molecular formula is C26H42O20. The van der Waals surface area contributed by atoms with Crippen LogP contribution in [0.2, 0.25) is 0 Å². The maximum atomic E-state index is 11.2. The summed E-state index contributed by atoms with van der Waals surface area (Å²) in [6.07, 6.45) is -27.7. The van der Waals surface area contributed by atoms with E-state index >= 15 is 0 Å². The molecule has 20 nitrogen and oxygen atoms in total. The van der Waals surface area contributed by atoms with Crippen molar-refractivity contribution in [2.45, 2.75) is 129 Å². The Hall–Kier alpha value is -0.800. The van der Waals surface area contributed by atoms with Crippen molar-refractivity contribution in [2.75, 3.05) is 33.0 Å². The zero-order chi connectivity index (χ0) is 33.1. The lowest BCUT2D eigenvalue weighted by atomic mass is 9.90. The number of aliphatic hydroxyl groups is 11. The van der Waals surface area contributed by atoms with E-state index < -0.39 is 149 Å². The fourth-order valence-electron chi connectivity index (χ4n) is 6.88. The van der Waals surface area contributed by atoms with E-state index in [1.165, 1.54) is 0 Å². The summed E-state index contributed by atoms with van der Waals surface area (Å²) in [5.41, 5.74) is 0. The maximum absolute atomic E-state index is 11.2. The lowest BCUT2D eigenvalue weighted by molar-refractivity contribution is -0.401.